The van der Waals surface area contributed by atoms with Gasteiger partial charge >= 0.3 is 5.97 Å². The molecule has 0 spiro atoms. The lowest BCUT2D eigenvalue weighted by atomic mass is 10.0. The smallest absolute Gasteiger partial charge is 0.321 e. The van der Waals surface area contributed by atoms with Gasteiger partial charge in [0.1, 0.15) is 6.04 Å². The summed E-state index contributed by atoms with van der Waals surface area (Å²) in [6.45, 7) is 4.32. The number of sulfone groups is 1. The third kappa shape index (κ3) is 3.40. The summed E-state index contributed by atoms with van der Waals surface area (Å²) in [5, 5.41) is 13.1. The Hall–Kier alpha value is -1.86. The van der Waals surface area contributed by atoms with Crippen molar-refractivity contribution in [1.29, 1.82) is 0 Å². The fourth-order valence-corrected chi connectivity index (χ4v) is 3.46. The predicted molar refractivity (Wildman–Crippen MR) is 89.6 cm³/mol. The Balaban J connectivity index is 2.62. The second-order valence-electron chi connectivity index (χ2n) is 5.73. The van der Waals surface area contributed by atoms with Crippen molar-refractivity contribution in [1.82, 2.24) is 9.88 Å². The van der Waals surface area contributed by atoms with Gasteiger partial charge in [0.05, 0.1) is 4.90 Å². The monoisotopic (exact) mass is 338 g/mol. The van der Waals surface area contributed by atoms with Crippen molar-refractivity contribution >= 4 is 26.7 Å². The first-order chi connectivity index (χ1) is 10.7. The summed E-state index contributed by atoms with van der Waals surface area (Å²) in [5.74, 6) is -0.914. The average Bonchev–Trinajstić information content (AvgIpc) is 2.70. The molecule has 1 atom stereocenters. The number of aliphatic carboxylic acids is 1. The van der Waals surface area contributed by atoms with Crippen LogP contribution in [0.2, 0.25) is 0 Å². The van der Waals surface area contributed by atoms with Crippen molar-refractivity contribution in [2.75, 3.05) is 12.8 Å². The summed E-state index contributed by atoms with van der Waals surface area (Å²) in [7, 11) is -1.42. The van der Waals surface area contributed by atoms with Crippen LogP contribution in [-0.4, -0.2) is 42.9 Å². The van der Waals surface area contributed by atoms with Crippen molar-refractivity contribution in [2.45, 2.75) is 31.2 Å². The lowest BCUT2D eigenvalue weighted by Gasteiger charge is -2.13. The first kappa shape index (κ1) is 17.5. The Morgan fingerprint density at radius 2 is 2.04 bits per heavy atom. The van der Waals surface area contributed by atoms with Crippen LogP contribution in [0.25, 0.3) is 10.9 Å². The number of carbonyl (C=O) groups is 1. The van der Waals surface area contributed by atoms with Crippen molar-refractivity contribution < 1.29 is 18.3 Å². The van der Waals surface area contributed by atoms with Gasteiger partial charge in [-0.25, -0.2) is 8.42 Å². The minimum absolute atomic E-state index is 0.243. The molecule has 2 rings (SSSR count). The molecule has 0 aliphatic rings. The number of rotatable bonds is 6. The molecule has 23 heavy (non-hydrogen) atoms. The SMILES string of the molecule is CCNC(Cc1c(C)n(C)c2ccc(S(C)(=O)=O)cc12)C(=O)O. The number of likely N-dealkylation sites (N-methyl/N-ethyl adjacent to an activating group) is 1. The zero-order valence-corrected chi connectivity index (χ0v) is 14.6. The third-order valence-corrected chi connectivity index (χ3v) is 5.29. The Kier molecular flexibility index (Phi) is 4.81. The lowest BCUT2D eigenvalue weighted by molar-refractivity contribution is -0.139. The largest absolute Gasteiger partial charge is 0.480 e. The van der Waals surface area contributed by atoms with Crippen LogP contribution in [0, 0.1) is 6.92 Å². The number of hydrogen-bond acceptors (Lipinski definition) is 4. The van der Waals surface area contributed by atoms with E-state index in [1.165, 1.54) is 6.26 Å². The molecule has 0 bridgehead atoms. The van der Waals surface area contributed by atoms with Crippen LogP contribution < -0.4 is 5.32 Å². The molecule has 0 saturated carbocycles. The zero-order chi connectivity index (χ0) is 17.4. The number of nitrogens with one attached hydrogen (secondary N) is 1. The number of hydrogen-bond donors (Lipinski definition) is 2. The van der Waals surface area contributed by atoms with Gasteiger partial charge in [0.25, 0.3) is 0 Å². The van der Waals surface area contributed by atoms with Crippen LogP contribution in [0.1, 0.15) is 18.2 Å². The van der Waals surface area contributed by atoms with Crippen LogP contribution in [-0.2, 0) is 28.1 Å². The molecular weight excluding hydrogens is 316 g/mol. The molecule has 0 aliphatic carbocycles. The van der Waals surface area contributed by atoms with Gasteiger partial charge in [0, 0.05) is 36.3 Å². The second kappa shape index (κ2) is 6.33. The molecule has 1 aromatic carbocycles. The molecule has 1 aromatic heterocycles. The third-order valence-electron chi connectivity index (χ3n) is 4.18. The minimum Gasteiger partial charge on any atom is -0.480 e. The van der Waals surface area contributed by atoms with Crippen molar-refractivity contribution in [3.05, 3.63) is 29.5 Å². The molecule has 0 aliphatic heterocycles. The molecule has 0 fully saturated rings. The molecule has 1 heterocycles. The standard InChI is InChI=1S/C16H22N2O4S/c1-5-17-14(16(19)20)9-12-10(2)18(3)15-7-6-11(8-13(12)15)23(4,21)22/h6-8,14,17H,5,9H2,1-4H3,(H,19,20). The Labute approximate surface area is 136 Å². The van der Waals surface area contributed by atoms with E-state index in [2.05, 4.69) is 5.32 Å². The van der Waals surface area contributed by atoms with Gasteiger partial charge in [0.15, 0.2) is 9.84 Å². The van der Waals surface area contributed by atoms with Gasteiger partial charge in [-0.05, 0) is 37.2 Å². The molecule has 126 valence electrons. The summed E-state index contributed by atoms with van der Waals surface area (Å²) < 4.78 is 25.6. The summed E-state index contributed by atoms with van der Waals surface area (Å²) >= 11 is 0. The van der Waals surface area contributed by atoms with Crippen LogP contribution >= 0.6 is 0 Å². The number of nitrogens with zero attached hydrogens (tertiary/aromatic N) is 1. The highest BCUT2D eigenvalue weighted by molar-refractivity contribution is 7.90. The first-order valence-corrected chi connectivity index (χ1v) is 9.30. The maximum atomic E-state index is 11.8. The van der Waals surface area contributed by atoms with E-state index in [1.807, 2.05) is 25.5 Å². The van der Waals surface area contributed by atoms with E-state index >= 15 is 0 Å². The van der Waals surface area contributed by atoms with E-state index in [4.69, 9.17) is 0 Å². The highest BCUT2D eigenvalue weighted by Gasteiger charge is 2.22. The maximum Gasteiger partial charge on any atom is 0.321 e. The Morgan fingerprint density at radius 3 is 2.57 bits per heavy atom. The first-order valence-electron chi connectivity index (χ1n) is 7.41. The maximum absolute atomic E-state index is 11.8. The second-order valence-corrected chi connectivity index (χ2v) is 7.74. The average molecular weight is 338 g/mol. The van der Waals surface area contributed by atoms with Crippen LogP contribution in [0.15, 0.2) is 23.1 Å². The number of carboxylic acids is 1. The molecule has 0 saturated heterocycles. The van der Waals surface area contributed by atoms with Gasteiger partial charge in [-0.15, -0.1) is 0 Å². The quantitative estimate of drug-likeness (QED) is 0.833. The molecule has 7 heteroatoms. The zero-order valence-electron chi connectivity index (χ0n) is 13.8. The highest BCUT2D eigenvalue weighted by Crippen LogP contribution is 2.28. The van der Waals surface area contributed by atoms with E-state index in [0.29, 0.717) is 13.0 Å². The topological polar surface area (TPSA) is 88.4 Å². The summed E-state index contributed by atoms with van der Waals surface area (Å²) in [4.78, 5) is 11.7. The molecular formula is C16H22N2O4S. The highest BCUT2D eigenvalue weighted by atomic mass is 32.2. The number of carboxylic acid groups (broad SMARTS) is 1. The molecule has 1 unspecified atom stereocenters. The summed E-state index contributed by atoms with van der Waals surface area (Å²) in [6.07, 6.45) is 1.47. The molecule has 0 amide bonds. The van der Waals surface area contributed by atoms with Crippen molar-refractivity contribution in [3.8, 4) is 0 Å². The molecule has 2 N–H and O–H groups in total. The van der Waals surface area contributed by atoms with E-state index < -0.39 is 21.8 Å². The summed E-state index contributed by atoms with van der Waals surface area (Å²) in [6, 6.07) is 4.29. The molecule has 2 aromatic rings. The number of aromatic nitrogens is 1. The fourth-order valence-electron chi connectivity index (χ4n) is 2.81. The van der Waals surface area contributed by atoms with Crippen LogP contribution in [0.3, 0.4) is 0 Å². The van der Waals surface area contributed by atoms with Gasteiger partial charge in [-0.3, -0.25) is 4.79 Å². The van der Waals surface area contributed by atoms with E-state index in [-0.39, 0.29) is 4.90 Å². The van der Waals surface area contributed by atoms with E-state index in [0.717, 1.165) is 22.2 Å². The number of aryl methyl sites for hydroxylation is 1. The van der Waals surface area contributed by atoms with Crippen LogP contribution in [0.4, 0.5) is 0 Å². The van der Waals surface area contributed by atoms with Crippen molar-refractivity contribution in [2.24, 2.45) is 7.05 Å². The predicted octanol–water partition coefficient (Wildman–Crippen LogP) is 1.50. The van der Waals surface area contributed by atoms with Gasteiger partial charge < -0.3 is 15.0 Å². The molecule has 0 radical (unpaired) electrons. The van der Waals surface area contributed by atoms with Gasteiger partial charge in [-0.2, -0.15) is 0 Å². The normalized spacial score (nSPS) is 13.4. The van der Waals surface area contributed by atoms with E-state index in [1.54, 1.807) is 18.2 Å². The van der Waals surface area contributed by atoms with E-state index in [9.17, 15) is 18.3 Å². The van der Waals surface area contributed by atoms with Crippen molar-refractivity contribution in [3.63, 3.8) is 0 Å². The van der Waals surface area contributed by atoms with Crippen LogP contribution in [0.5, 0.6) is 0 Å². The lowest BCUT2D eigenvalue weighted by Crippen LogP contribution is -2.38. The Bertz CT molecular complexity index is 853. The van der Waals surface area contributed by atoms with Gasteiger partial charge in [0.2, 0.25) is 0 Å². The Morgan fingerprint density at radius 1 is 1.39 bits per heavy atom. The molecule has 6 nitrogen and oxygen atoms in total. The fraction of sp³-hybridized carbons (Fsp3) is 0.438. The number of fused-ring (bicyclic) bond motifs is 1. The minimum atomic E-state index is -3.31. The number of benzene rings is 1. The summed E-state index contributed by atoms with van der Waals surface area (Å²) in [5.41, 5.74) is 2.70. The van der Waals surface area contributed by atoms with Gasteiger partial charge in [-0.1, -0.05) is 6.92 Å².